The number of nitriles is 1. The summed E-state index contributed by atoms with van der Waals surface area (Å²) in [5.41, 5.74) is 4.34. The van der Waals surface area contributed by atoms with E-state index in [9.17, 15) is 10.1 Å². The Balaban J connectivity index is 1.54. The molecule has 1 aliphatic carbocycles. The molecular formula is C21H25N3OS. The third kappa shape index (κ3) is 4.14. The summed E-state index contributed by atoms with van der Waals surface area (Å²) >= 11 is 1.58. The number of hydrogen-bond acceptors (Lipinski definition) is 4. The highest BCUT2D eigenvalue weighted by molar-refractivity contribution is 7.16. The molecule has 0 saturated carbocycles. The lowest BCUT2D eigenvalue weighted by Gasteiger charge is -2.16. The number of hydrogen-bond donors (Lipinski definition) is 2. The van der Waals surface area contributed by atoms with Crippen LogP contribution >= 0.6 is 11.3 Å². The van der Waals surface area contributed by atoms with E-state index >= 15 is 0 Å². The molecule has 0 fully saturated rings. The number of carbonyl (C=O) groups is 1. The first kappa shape index (κ1) is 18.6. The SMILES string of the molecule is Cc1ccccc1C(C)NCCC(=O)Nc1sc2c(c1C#N)CCCC2. The van der Waals surface area contributed by atoms with Crippen LogP contribution in [0.5, 0.6) is 0 Å². The first-order valence-electron chi connectivity index (χ1n) is 9.23. The summed E-state index contributed by atoms with van der Waals surface area (Å²) in [6.45, 7) is 4.82. The van der Waals surface area contributed by atoms with Gasteiger partial charge < -0.3 is 10.6 Å². The maximum Gasteiger partial charge on any atom is 0.226 e. The highest BCUT2D eigenvalue weighted by atomic mass is 32.1. The molecule has 0 aliphatic heterocycles. The minimum Gasteiger partial charge on any atom is -0.317 e. The minimum atomic E-state index is -0.0374. The molecule has 1 atom stereocenters. The number of amides is 1. The molecule has 0 saturated heterocycles. The van der Waals surface area contributed by atoms with Crippen LogP contribution in [0.3, 0.4) is 0 Å². The van der Waals surface area contributed by atoms with Crippen molar-refractivity contribution in [2.24, 2.45) is 0 Å². The summed E-state index contributed by atoms with van der Waals surface area (Å²) in [6.07, 6.45) is 4.68. The van der Waals surface area contributed by atoms with E-state index in [1.54, 1.807) is 11.3 Å². The Bertz CT molecular complexity index is 834. The molecule has 0 bridgehead atoms. The van der Waals surface area contributed by atoms with E-state index in [0.717, 1.165) is 29.8 Å². The van der Waals surface area contributed by atoms with E-state index in [2.05, 4.69) is 42.7 Å². The van der Waals surface area contributed by atoms with Crippen molar-refractivity contribution in [3.05, 3.63) is 51.4 Å². The summed E-state index contributed by atoms with van der Waals surface area (Å²) in [6, 6.07) is 10.8. The van der Waals surface area contributed by atoms with Crippen molar-refractivity contribution in [2.75, 3.05) is 11.9 Å². The standard InChI is InChI=1S/C21H25N3OS/c1-14-7-3-4-8-16(14)15(2)23-12-11-20(25)24-21-18(13-22)17-9-5-6-10-19(17)26-21/h3-4,7-8,15,23H,5-6,9-12H2,1-2H3,(H,24,25). The monoisotopic (exact) mass is 367 g/mol. The predicted molar refractivity (Wildman–Crippen MR) is 107 cm³/mol. The maximum absolute atomic E-state index is 12.3. The fraction of sp³-hybridized carbons (Fsp3) is 0.429. The Hall–Kier alpha value is -2.16. The molecule has 1 aliphatic rings. The van der Waals surface area contributed by atoms with Crippen LogP contribution in [0.25, 0.3) is 0 Å². The second-order valence-corrected chi connectivity index (χ2v) is 7.96. The first-order valence-corrected chi connectivity index (χ1v) is 10.0. The Morgan fingerprint density at radius 1 is 1.31 bits per heavy atom. The van der Waals surface area contributed by atoms with Gasteiger partial charge in [0.1, 0.15) is 11.1 Å². The minimum absolute atomic E-state index is 0.0374. The highest BCUT2D eigenvalue weighted by Gasteiger charge is 2.21. The van der Waals surface area contributed by atoms with Crippen LogP contribution in [0.1, 0.15) is 59.4 Å². The number of aryl methyl sites for hydroxylation is 2. The molecule has 26 heavy (non-hydrogen) atoms. The summed E-state index contributed by atoms with van der Waals surface area (Å²) in [4.78, 5) is 13.6. The number of benzene rings is 1. The van der Waals surface area contributed by atoms with Crippen molar-refractivity contribution in [1.29, 1.82) is 5.26 Å². The Kier molecular flexibility index (Phi) is 6.08. The average molecular weight is 368 g/mol. The van der Waals surface area contributed by atoms with E-state index in [0.29, 0.717) is 18.5 Å². The Labute approximate surface area is 159 Å². The largest absolute Gasteiger partial charge is 0.317 e. The number of nitrogens with one attached hydrogen (secondary N) is 2. The average Bonchev–Trinajstić information content (AvgIpc) is 2.98. The molecule has 1 unspecified atom stereocenters. The van der Waals surface area contributed by atoms with E-state index in [-0.39, 0.29) is 11.9 Å². The van der Waals surface area contributed by atoms with Gasteiger partial charge in [-0.3, -0.25) is 4.79 Å². The van der Waals surface area contributed by atoms with Crippen molar-refractivity contribution < 1.29 is 4.79 Å². The van der Waals surface area contributed by atoms with Crippen molar-refractivity contribution in [1.82, 2.24) is 5.32 Å². The van der Waals surface area contributed by atoms with Crippen LogP contribution in [0, 0.1) is 18.3 Å². The normalized spacial score (nSPS) is 14.3. The zero-order valence-corrected chi connectivity index (χ0v) is 16.2. The quantitative estimate of drug-likeness (QED) is 0.791. The van der Waals surface area contributed by atoms with Gasteiger partial charge in [0.15, 0.2) is 0 Å². The van der Waals surface area contributed by atoms with Crippen molar-refractivity contribution in [3.8, 4) is 6.07 Å². The van der Waals surface area contributed by atoms with E-state index in [1.807, 2.05) is 12.1 Å². The molecule has 1 amide bonds. The molecule has 3 rings (SSSR count). The van der Waals surface area contributed by atoms with Crippen LogP contribution in [-0.4, -0.2) is 12.5 Å². The Morgan fingerprint density at radius 2 is 2.08 bits per heavy atom. The third-order valence-corrected chi connectivity index (χ3v) is 6.20. The van der Waals surface area contributed by atoms with Crippen LogP contribution in [0.4, 0.5) is 5.00 Å². The number of carbonyl (C=O) groups excluding carboxylic acids is 1. The maximum atomic E-state index is 12.3. The molecule has 1 aromatic heterocycles. The first-order chi connectivity index (χ1) is 12.6. The van der Waals surface area contributed by atoms with Crippen LogP contribution in [0.2, 0.25) is 0 Å². The summed E-state index contributed by atoms with van der Waals surface area (Å²) < 4.78 is 0. The Morgan fingerprint density at radius 3 is 2.85 bits per heavy atom. The lowest BCUT2D eigenvalue weighted by Crippen LogP contribution is -2.24. The van der Waals surface area contributed by atoms with Gasteiger partial charge in [0, 0.05) is 23.9 Å². The number of fused-ring (bicyclic) bond motifs is 1. The molecule has 0 radical (unpaired) electrons. The number of rotatable bonds is 6. The smallest absolute Gasteiger partial charge is 0.226 e. The zero-order chi connectivity index (χ0) is 18.5. The van der Waals surface area contributed by atoms with Gasteiger partial charge in [-0.1, -0.05) is 24.3 Å². The fourth-order valence-electron chi connectivity index (χ4n) is 3.55. The highest BCUT2D eigenvalue weighted by Crippen LogP contribution is 2.37. The van der Waals surface area contributed by atoms with Gasteiger partial charge >= 0.3 is 0 Å². The lowest BCUT2D eigenvalue weighted by molar-refractivity contribution is -0.116. The van der Waals surface area contributed by atoms with Gasteiger partial charge in [-0.15, -0.1) is 11.3 Å². The topological polar surface area (TPSA) is 64.9 Å². The van der Waals surface area contributed by atoms with Crippen LogP contribution in [0.15, 0.2) is 24.3 Å². The van der Waals surface area contributed by atoms with Crippen molar-refractivity contribution in [2.45, 2.75) is 52.0 Å². The van der Waals surface area contributed by atoms with Gasteiger partial charge in [0.25, 0.3) is 0 Å². The molecule has 1 aromatic carbocycles. The van der Waals surface area contributed by atoms with Gasteiger partial charge in [0.2, 0.25) is 5.91 Å². The van der Waals surface area contributed by atoms with Gasteiger partial charge in [0.05, 0.1) is 5.56 Å². The molecule has 0 spiro atoms. The number of nitrogens with zero attached hydrogens (tertiary/aromatic N) is 1. The summed E-state index contributed by atoms with van der Waals surface area (Å²) in [5.74, 6) is -0.0374. The fourth-order valence-corrected chi connectivity index (χ4v) is 4.80. The summed E-state index contributed by atoms with van der Waals surface area (Å²) in [5, 5.41) is 16.6. The van der Waals surface area contributed by atoms with Crippen LogP contribution < -0.4 is 10.6 Å². The lowest BCUT2D eigenvalue weighted by atomic mass is 9.96. The molecule has 5 heteroatoms. The van der Waals surface area contributed by atoms with Crippen molar-refractivity contribution in [3.63, 3.8) is 0 Å². The van der Waals surface area contributed by atoms with Gasteiger partial charge in [-0.25, -0.2) is 0 Å². The molecule has 136 valence electrons. The number of anilines is 1. The summed E-state index contributed by atoms with van der Waals surface area (Å²) in [7, 11) is 0. The van der Waals surface area contributed by atoms with E-state index < -0.39 is 0 Å². The molecule has 2 aromatic rings. The molecule has 2 N–H and O–H groups in total. The second kappa shape index (κ2) is 8.48. The third-order valence-electron chi connectivity index (χ3n) is 4.99. The second-order valence-electron chi connectivity index (χ2n) is 6.86. The van der Waals surface area contributed by atoms with E-state index in [1.165, 1.54) is 22.4 Å². The predicted octanol–water partition coefficient (Wildman–Crippen LogP) is 4.49. The van der Waals surface area contributed by atoms with Crippen molar-refractivity contribution >= 4 is 22.2 Å². The van der Waals surface area contributed by atoms with Gasteiger partial charge in [-0.2, -0.15) is 5.26 Å². The van der Waals surface area contributed by atoms with Crippen LogP contribution in [-0.2, 0) is 17.6 Å². The molecule has 4 nitrogen and oxygen atoms in total. The molecular weight excluding hydrogens is 342 g/mol. The van der Waals surface area contributed by atoms with Gasteiger partial charge in [-0.05, 0) is 56.2 Å². The number of thiophene rings is 1. The van der Waals surface area contributed by atoms with E-state index in [4.69, 9.17) is 0 Å². The zero-order valence-electron chi connectivity index (χ0n) is 15.4. The molecule has 1 heterocycles.